The van der Waals surface area contributed by atoms with Crippen LogP contribution < -0.4 is 5.32 Å². The van der Waals surface area contributed by atoms with Crippen molar-refractivity contribution in [2.24, 2.45) is 17.3 Å². The summed E-state index contributed by atoms with van der Waals surface area (Å²) >= 11 is 3.63. The molecule has 1 aromatic rings. The molecule has 2 heterocycles. The highest BCUT2D eigenvalue weighted by Gasteiger charge is 2.44. The Labute approximate surface area is 154 Å². The van der Waals surface area contributed by atoms with Crippen LogP contribution in [0.2, 0.25) is 0 Å². The molecule has 2 nitrogen and oxygen atoms in total. The largest absolute Gasteiger partial charge is 0.317 e. The molecule has 24 heavy (non-hydrogen) atoms. The summed E-state index contributed by atoms with van der Waals surface area (Å²) in [6.07, 6.45) is 14.3. The molecular formula is C21H27BrN2. The van der Waals surface area contributed by atoms with Crippen LogP contribution in [0.3, 0.4) is 0 Å². The van der Waals surface area contributed by atoms with Gasteiger partial charge in [-0.2, -0.15) is 0 Å². The van der Waals surface area contributed by atoms with Crippen LogP contribution in [0.25, 0.3) is 0 Å². The Balaban J connectivity index is 1.82. The fourth-order valence-electron chi connectivity index (χ4n) is 5.19. The quantitative estimate of drug-likeness (QED) is 0.733. The number of halogens is 1. The fourth-order valence-corrected chi connectivity index (χ4v) is 5.57. The van der Waals surface area contributed by atoms with Crippen molar-refractivity contribution in [3.8, 4) is 0 Å². The van der Waals surface area contributed by atoms with Crippen LogP contribution in [0.5, 0.6) is 0 Å². The van der Waals surface area contributed by atoms with E-state index >= 15 is 0 Å². The van der Waals surface area contributed by atoms with E-state index in [-0.39, 0.29) is 5.41 Å². The number of allylic oxidation sites excluding steroid dienone is 4. The van der Waals surface area contributed by atoms with E-state index < -0.39 is 0 Å². The first kappa shape index (κ1) is 16.5. The van der Waals surface area contributed by atoms with Gasteiger partial charge in [-0.15, -0.1) is 0 Å². The number of rotatable bonds is 1. The number of nitrogens with one attached hydrogen (secondary N) is 1. The molecule has 0 radical (unpaired) electrons. The Bertz CT molecular complexity index is 687. The summed E-state index contributed by atoms with van der Waals surface area (Å²) in [6, 6.07) is 2.32. The maximum atomic E-state index is 4.95. The number of hydrogen-bond donors (Lipinski definition) is 1. The Morgan fingerprint density at radius 3 is 2.88 bits per heavy atom. The van der Waals surface area contributed by atoms with Crippen LogP contribution in [-0.2, 0) is 6.42 Å². The van der Waals surface area contributed by atoms with Gasteiger partial charge in [0, 0.05) is 22.3 Å². The van der Waals surface area contributed by atoms with E-state index in [4.69, 9.17) is 4.98 Å². The van der Waals surface area contributed by atoms with E-state index in [0.717, 1.165) is 29.9 Å². The first-order valence-corrected chi connectivity index (χ1v) is 10.1. The zero-order valence-corrected chi connectivity index (χ0v) is 16.3. The molecule has 128 valence electrons. The van der Waals surface area contributed by atoms with E-state index in [9.17, 15) is 0 Å². The summed E-state index contributed by atoms with van der Waals surface area (Å²) in [7, 11) is 0. The molecule has 2 aliphatic carbocycles. The van der Waals surface area contributed by atoms with Gasteiger partial charge in [0.2, 0.25) is 0 Å². The minimum absolute atomic E-state index is 0.252. The molecular weight excluding hydrogens is 360 g/mol. The Kier molecular flexibility index (Phi) is 4.42. The maximum Gasteiger partial charge on any atom is 0.0476 e. The molecule has 1 N–H and O–H groups in total. The highest BCUT2D eigenvalue weighted by Crippen LogP contribution is 2.53. The molecule has 4 rings (SSSR count). The molecule has 1 aromatic heterocycles. The number of aromatic nitrogens is 1. The highest BCUT2D eigenvalue weighted by atomic mass is 79.9. The minimum atomic E-state index is 0.252. The van der Waals surface area contributed by atoms with Crippen molar-refractivity contribution in [3.05, 3.63) is 51.8 Å². The first-order valence-electron chi connectivity index (χ1n) is 9.29. The first-order chi connectivity index (χ1) is 11.6. The number of fused-ring (bicyclic) bond motifs is 2. The normalized spacial score (nSPS) is 33.4. The number of hydrogen-bond acceptors (Lipinski definition) is 2. The van der Waals surface area contributed by atoms with Gasteiger partial charge in [-0.3, -0.25) is 4.98 Å². The lowest BCUT2D eigenvalue weighted by atomic mass is 9.62. The smallest absolute Gasteiger partial charge is 0.0476 e. The van der Waals surface area contributed by atoms with Crippen molar-refractivity contribution in [2.75, 3.05) is 13.1 Å². The molecule has 0 amide bonds. The molecule has 3 unspecified atom stereocenters. The van der Waals surface area contributed by atoms with Gasteiger partial charge in [-0.1, -0.05) is 30.7 Å². The van der Waals surface area contributed by atoms with Gasteiger partial charge >= 0.3 is 0 Å². The van der Waals surface area contributed by atoms with Crippen molar-refractivity contribution >= 4 is 15.9 Å². The third-order valence-corrected chi connectivity index (χ3v) is 6.81. The van der Waals surface area contributed by atoms with E-state index in [0.29, 0.717) is 11.8 Å². The van der Waals surface area contributed by atoms with Crippen LogP contribution in [0.1, 0.15) is 50.3 Å². The van der Waals surface area contributed by atoms with Gasteiger partial charge in [0.25, 0.3) is 0 Å². The minimum Gasteiger partial charge on any atom is -0.317 e. The summed E-state index contributed by atoms with van der Waals surface area (Å²) in [5.41, 5.74) is 4.50. The fraction of sp³-hybridized carbons (Fsp3) is 0.571. The molecule has 0 spiro atoms. The molecule has 0 saturated carbocycles. The van der Waals surface area contributed by atoms with E-state index in [1.807, 2.05) is 6.20 Å². The predicted octanol–water partition coefficient (Wildman–Crippen LogP) is 5.01. The summed E-state index contributed by atoms with van der Waals surface area (Å²) in [4.78, 5) is 4.95. The van der Waals surface area contributed by atoms with Gasteiger partial charge in [-0.25, -0.2) is 0 Å². The summed E-state index contributed by atoms with van der Waals surface area (Å²) in [5.74, 6) is 1.85. The zero-order valence-electron chi connectivity index (χ0n) is 14.7. The second-order valence-corrected chi connectivity index (χ2v) is 9.01. The van der Waals surface area contributed by atoms with Gasteiger partial charge in [0.15, 0.2) is 0 Å². The Morgan fingerprint density at radius 2 is 2.08 bits per heavy atom. The van der Waals surface area contributed by atoms with Gasteiger partial charge in [-0.05, 0) is 90.5 Å². The van der Waals surface area contributed by atoms with Gasteiger partial charge < -0.3 is 5.32 Å². The zero-order chi connectivity index (χ0) is 16.7. The van der Waals surface area contributed by atoms with Crippen LogP contribution in [0.15, 0.2) is 40.5 Å². The lowest BCUT2D eigenvalue weighted by Crippen LogP contribution is -2.38. The lowest BCUT2D eigenvalue weighted by molar-refractivity contribution is 0.184. The topological polar surface area (TPSA) is 24.9 Å². The summed E-state index contributed by atoms with van der Waals surface area (Å²) in [6.45, 7) is 7.01. The average Bonchev–Trinajstić information content (AvgIpc) is 2.69. The number of aryl methyl sites for hydroxylation is 1. The van der Waals surface area contributed by atoms with Crippen molar-refractivity contribution in [3.63, 3.8) is 0 Å². The molecule has 1 saturated heterocycles. The van der Waals surface area contributed by atoms with E-state index in [1.54, 1.807) is 0 Å². The third-order valence-electron chi connectivity index (χ3n) is 6.38. The Morgan fingerprint density at radius 1 is 1.29 bits per heavy atom. The molecule has 1 aliphatic heterocycles. The summed E-state index contributed by atoms with van der Waals surface area (Å²) < 4.78 is 1.11. The standard InChI is InChI=1S/C21H27BrN2/c1-14-3-4-18-19(15-6-9-23-10-7-15)20-16(11-17(22)13-24-20)5-8-21(18,2)12-14/h3-4,11-13,15,18-19,23H,5-10H2,1-2H3. The summed E-state index contributed by atoms with van der Waals surface area (Å²) in [5, 5.41) is 3.53. The molecule has 3 heteroatoms. The molecule has 0 aromatic carbocycles. The molecule has 0 bridgehead atoms. The monoisotopic (exact) mass is 386 g/mol. The second-order valence-electron chi connectivity index (χ2n) is 8.09. The third kappa shape index (κ3) is 2.90. The molecule has 3 aliphatic rings. The number of pyridine rings is 1. The number of piperidine rings is 1. The predicted molar refractivity (Wildman–Crippen MR) is 103 cm³/mol. The average molecular weight is 387 g/mol. The Hall–Kier alpha value is -0.930. The maximum absolute atomic E-state index is 4.95. The highest BCUT2D eigenvalue weighted by molar-refractivity contribution is 9.10. The lowest BCUT2D eigenvalue weighted by Gasteiger charge is -2.43. The van der Waals surface area contributed by atoms with Crippen LogP contribution >= 0.6 is 15.9 Å². The van der Waals surface area contributed by atoms with E-state index in [2.05, 4.69) is 59.4 Å². The second kappa shape index (κ2) is 6.42. The van der Waals surface area contributed by atoms with Crippen LogP contribution in [-0.4, -0.2) is 18.1 Å². The molecule has 3 atom stereocenters. The molecule has 1 fully saturated rings. The van der Waals surface area contributed by atoms with E-state index in [1.165, 1.54) is 36.1 Å². The van der Waals surface area contributed by atoms with Crippen LogP contribution in [0.4, 0.5) is 0 Å². The van der Waals surface area contributed by atoms with Crippen molar-refractivity contribution in [2.45, 2.75) is 45.4 Å². The van der Waals surface area contributed by atoms with Crippen molar-refractivity contribution < 1.29 is 0 Å². The van der Waals surface area contributed by atoms with Gasteiger partial charge in [0.05, 0.1) is 0 Å². The van der Waals surface area contributed by atoms with Crippen molar-refractivity contribution in [1.29, 1.82) is 0 Å². The van der Waals surface area contributed by atoms with Crippen molar-refractivity contribution in [1.82, 2.24) is 10.3 Å². The number of nitrogens with zero attached hydrogens (tertiary/aromatic N) is 1. The SMILES string of the molecule is CC1=CC2(C)CCc3cc(Br)cnc3C(C3CCNCC3)C2C=C1. The van der Waals surface area contributed by atoms with Gasteiger partial charge in [0.1, 0.15) is 0 Å². The van der Waals surface area contributed by atoms with Crippen LogP contribution in [0, 0.1) is 17.3 Å².